The molecule has 0 spiro atoms. The van der Waals surface area contributed by atoms with E-state index in [1.165, 1.54) is 12.1 Å². The summed E-state index contributed by atoms with van der Waals surface area (Å²) in [7, 11) is -3.99. The molecule has 0 fully saturated rings. The van der Waals surface area contributed by atoms with Crippen LogP contribution < -0.4 is 4.72 Å². The fourth-order valence-electron chi connectivity index (χ4n) is 1.47. The van der Waals surface area contributed by atoms with E-state index in [0.29, 0.717) is 0 Å². The number of nitrogens with zero attached hydrogens (tertiary/aromatic N) is 1. The van der Waals surface area contributed by atoms with E-state index in [-0.39, 0.29) is 16.3 Å². The molecule has 0 radical (unpaired) electrons. The molecule has 2 rings (SSSR count). The van der Waals surface area contributed by atoms with Gasteiger partial charge in [-0.2, -0.15) is 0 Å². The van der Waals surface area contributed by atoms with Crippen LogP contribution >= 0.6 is 0 Å². The highest BCUT2D eigenvalue weighted by Crippen LogP contribution is 2.26. The Kier molecular flexibility index (Phi) is 3.39. The van der Waals surface area contributed by atoms with Gasteiger partial charge in [0.2, 0.25) is 0 Å². The number of nitrogens with one attached hydrogen (secondary N) is 1. The molecule has 100 valence electrons. The molecule has 0 aliphatic heterocycles. The molecular formula is C12H11FN2O3S. The minimum Gasteiger partial charge on any atom is -0.506 e. The topological polar surface area (TPSA) is 79.3 Å². The number of halogens is 1. The average Bonchev–Trinajstić information content (AvgIpc) is 2.33. The van der Waals surface area contributed by atoms with E-state index in [1.54, 1.807) is 13.0 Å². The van der Waals surface area contributed by atoms with Gasteiger partial charge in [0.15, 0.2) is 0 Å². The van der Waals surface area contributed by atoms with Crippen molar-refractivity contribution in [3.8, 4) is 5.75 Å². The molecular weight excluding hydrogens is 271 g/mol. The number of aryl methyl sites for hydroxylation is 1. The predicted molar refractivity (Wildman–Crippen MR) is 67.8 cm³/mol. The summed E-state index contributed by atoms with van der Waals surface area (Å²) < 4.78 is 39.1. The van der Waals surface area contributed by atoms with Crippen LogP contribution in [0, 0.1) is 12.7 Å². The van der Waals surface area contributed by atoms with Gasteiger partial charge in [-0.05, 0) is 30.7 Å². The number of benzene rings is 1. The van der Waals surface area contributed by atoms with E-state index in [0.717, 1.165) is 24.0 Å². The lowest BCUT2D eigenvalue weighted by Gasteiger charge is -2.10. The molecule has 0 bridgehead atoms. The second kappa shape index (κ2) is 4.85. The number of hydrogen-bond donors (Lipinski definition) is 2. The summed E-state index contributed by atoms with van der Waals surface area (Å²) in [6.07, 6.45) is 1.93. The molecule has 0 atom stereocenters. The normalized spacial score (nSPS) is 11.3. The average molecular weight is 282 g/mol. The second-order valence-electron chi connectivity index (χ2n) is 3.96. The van der Waals surface area contributed by atoms with Crippen LogP contribution in [0.3, 0.4) is 0 Å². The van der Waals surface area contributed by atoms with Gasteiger partial charge in [0.1, 0.15) is 16.5 Å². The minimum atomic E-state index is -3.99. The number of phenols is 1. The summed E-state index contributed by atoms with van der Waals surface area (Å²) in [6, 6.07) is 5.33. The molecule has 1 aromatic carbocycles. The highest BCUT2D eigenvalue weighted by molar-refractivity contribution is 7.92. The molecule has 7 heteroatoms. The first-order valence-corrected chi connectivity index (χ1v) is 6.80. The van der Waals surface area contributed by atoms with E-state index in [9.17, 15) is 17.9 Å². The zero-order chi connectivity index (χ0) is 14.0. The molecule has 2 N–H and O–H groups in total. The highest BCUT2D eigenvalue weighted by atomic mass is 32.2. The standard InChI is InChI=1S/C12H11FN2O3S/c1-8-2-3-12(16)11(4-8)15-19(17,18)10-5-9(13)6-14-7-10/h2-7,15-16H,1H3. The molecule has 0 amide bonds. The van der Waals surface area contributed by atoms with E-state index in [2.05, 4.69) is 9.71 Å². The third-order valence-corrected chi connectivity index (χ3v) is 3.72. The number of anilines is 1. The number of sulfonamides is 1. The van der Waals surface area contributed by atoms with Gasteiger partial charge >= 0.3 is 0 Å². The smallest absolute Gasteiger partial charge is 0.263 e. The molecule has 19 heavy (non-hydrogen) atoms. The third-order valence-electron chi connectivity index (χ3n) is 2.39. The first-order valence-electron chi connectivity index (χ1n) is 5.31. The fraction of sp³-hybridized carbons (Fsp3) is 0.0833. The SMILES string of the molecule is Cc1ccc(O)c(NS(=O)(=O)c2cncc(F)c2)c1. The van der Waals surface area contributed by atoms with Crippen molar-refractivity contribution in [2.75, 3.05) is 4.72 Å². The van der Waals surface area contributed by atoms with Crippen molar-refractivity contribution < 1.29 is 17.9 Å². The Labute approximate surface area is 109 Å². The fourth-order valence-corrected chi connectivity index (χ4v) is 2.51. The number of pyridine rings is 1. The lowest BCUT2D eigenvalue weighted by Crippen LogP contribution is -2.13. The van der Waals surface area contributed by atoms with Crippen molar-refractivity contribution in [2.45, 2.75) is 11.8 Å². The molecule has 0 saturated carbocycles. The Morgan fingerprint density at radius 2 is 2.00 bits per heavy atom. The number of phenolic OH excluding ortho intramolecular Hbond substituents is 1. The summed E-state index contributed by atoms with van der Waals surface area (Å²) in [6.45, 7) is 1.75. The van der Waals surface area contributed by atoms with Crippen molar-refractivity contribution in [1.82, 2.24) is 4.98 Å². The number of rotatable bonds is 3. The van der Waals surface area contributed by atoms with Gasteiger partial charge in [-0.3, -0.25) is 9.71 Å². The summed E-state index contributed by atoms with van der Waals surface area (Å²) in [5.41, 5.74) is 0.803. The van der Waals surface area contributed by atoms with Gasteiger partial charge < -0.3 is 5.11 Å². The van der Waals surface area contributed by atoms with Crippen LogP contribution in [0.5, 0.6) is 5.75 Å². The predicted octanol–water partition coefficient (Wildman–Crippen LogP) is 2.04. The Morgan fingerprint density at radius 1 is 1.26 bits per heavy atom. The molecule has 1 heterocycles. The van der Waals surface area contributed by atoms with E-state index in [4.69, 9.17) is 0 Å². The largest absolute Gasteiger partial charge is 0.506 e. The number of aromatic nitrogens is 1. The van der Waals surface area contributed by atoms with Gasteiger partial charge in [0.05, 0.1) is 11.9 Å². The zero-order valence-corrected chi connectivity index (χ0v) is 10.8. The zero-order valence-electron chi connectivity index (χ0n) is 9.96. The highest BCUT2D eigenvalue weighted by Gasteiger charge is 2.17. The summed E-state index contributed by atoms with van der Waals surface area (Å²) in [5, 5.41) is 9.58. The third kappa shape index (κ3) is 3.00. The second-order valence-corrected chi connectivity index (χ2v) is 5.65. The van der Waals surface area contributed by atoms with Crippen molar-refractivity contribution in [3.63, 3.8) is 0 Å². The van der Waals surface area contributed by atoms with Crippen LogP contribution in [0.4, 0.5) is 10.1 Å². The van der Waals surface area contributed by atoms with Crippen LogP contribution in [0.25, 0.3) is 0 Å². The Balaban J connectivity index is 2.39. The molecule has 0 saturated heterocycles. The van der Waals surface area contributed by atoms with Crippen molar-refractivity contribution >= 4 is 15.7 Å². The molecule has 0 aliphatic rings. The van der Waals surface area contributed by atoms with Crippen LogP contribution in [0.2, 0.25) is 0 Å². The van der Waals surface area contributed by atoms with E-state index < -0.39 is 15.8 Å². The first-order chi connectivity index (χ1) is 8.88. The van der Waals surface area contributed by atoms with Gasteiger partial charge in [-0.15, -0.1) is 0 Å². The first kappa shape index (κ1) is 13.3. The molecule has 5 nitrogen and oxygen atoms in total. The molecule has 2 aromatic rings. The van der Waals surface area contributed by atoms with Crippen molar-refractivity contribution in [2.24, 2.45) is 0 Å². The van der Waals surface area contributed by atoms with Crippen molar-refractivity contribution in [1.29, 1.82) is 0 Å². The molecule has 0 aliphatic carbocycles. The van der Waals surface area contributed by atoms with Crippen LogP contribution in [0.1, 0.15) is 5.56 Å². The quantitative estimate of drug-likeness (QED) is 0.844. The maximum atomic E-state index is 13.0. The van der Waals surface area contributed by atoms with Gasteiger partial charge in [-0.25, -0.2) is 12.8 Å². The van der Waals surface area contributed by atoms with Crippen LogP contribution in [-0.2, 0) is 10.0 Å². The van der Waals surface area contributed by atoms with Gasteiger partial charge in [0, 0.05) is 6.20 Å². The number of hydrogen-bond acceptors (Lipinski definition) is 4. The lowest BCUT2D eigenvalue weighted by atomic mass is 10.2. The van der Waals surface area contributed by atoms with E-state index in [1.807, 2.05) is 0 Å². The summed E-state index contributed by atoms with van der Waals surface area (Å²) in [4.78, 5) is 3.16. The Morgan fingerprint density at radius 3 is 2.68 bits per heavy atom. The minimum absolute atomic E-state index is 0.0317. The van der Waals surface area contributed by atoms with E-state index >= 15 is 0 Å². The van der Waals surface area contributed by atoms with Gasteiger partial charge in [-0.1, -0.05) is 6.07 Å². The Bertz CT molecular complexity index is 717. The monoisotopic (exact) mass is 282 g/mol. The van der Waals surface area contributed by atoms with Gasteiger partial charge in [0.25, 0.3) is 10.0 Å². The maximum Gasteiger partial charge on any atom is 0.263 e. The molecule has 0 unspecified atom stereocenters. The van der Waals surface area contributed by atoms with Crippen LogP contribution in [0.15, 0.2) is 41.6 Å². The summed E-state index contributed by atoms with van der Waals surface area (Å²) in [5.74, 6) is -0.963. The summed E-state index contributed by atoms with van der Waals surface area (Å²) >= 11 is 0. The Hall–Kier alpha value is -2.15. The van der Waals surface area contributed by atoms with Crippen LogP contribution in [-0.4, -0.2) is 18.5 Å². The molecule has 1 aromatic heterocycles. The maximum absolute atomic E-state index is 13.0. The lowest BCUT2D eigenvalue weighted by molar-refractivity contribution is 0.477. The van der Waals surface area contributed by atoms with Crippen molar-refractivity contribution in [3.05, 3.63) is 48.0 Å². The number of aromatic hydroxyl groups is 1.